The van der Waals surface area contributed by atoms with Gasteiger partial charge in [0.1, 0.15) is 0 Å². The topological polar surface area (TPSA) is 67.2 Å². The van der Waals surface area contributed by atoms with Crippen LogP contribution < -0.4 is 16.4 Å². The van der Waals surface area contributed by atoms with Gasteiger partial charge in [0, 0.05) is 23.7 Å². The van der Waals surface area contributed by atoms with Gasteiger partial charge in [0.15, 0.2) is 0 Å². The molecule has 0 aliphatic carbocycles. The minimum Gasteiger partial charge on any atom is -0.353 e. The molecule has 4 heteroatoms. The third kappa shape index (κ3) is 5.00. The third-order valence-corrected chi connectivity index (χ3v) is 5.51. The van der Waals surface area contributed by atoms with E-state index in [4.69, 9.17) is 5.73 Å². The Kier molecular flexibility index (Phi) is 5.92. The maximum absolute atomic E-state index is 13.0. The summed E-state index contributed by atoms with van der Waals surface area (Å²) >= 11 is 0. The molecule has 1 aliphatic heterocycles. The Labute approximate surface area is 168 Å². The van der Waals surface area contributed by atoms with Crippen LogP contribution in [0.5, 0.6) is 0 Å². The lowest BCUT2D eigenvalue weighted by Gasteiger charge is -2.46. The molecule has 0 aromatic heterocycles. The summed E-state index contributed by atoms with van der Waals surface area (Å²) in [5.74, 6) is -0.306. The molecule has 1 amide bonds. The summed E-state index contributed by atoms with van der Waals surface area (Å²) in [6.07, 6.45) is 1.82. The molecule has 0 radical (unpaired) electrons. The van der Waals surface area contributed by atoms with E-state index in [1.54, 1.807) is 0 Å². The van der Waals surface area contributed by atoms with Crippen molar-refractivity contribution in [1.82, 2.24) is 10.6 Å². The molecule has 0 bridgehead atoms. The SMILES string of the molecule is CC1(C)CC(NC(=O)[C@H](CN)c2ccc(-c3ccccc3)cc2)CC(C)(C)N1. The zero-order valence-electron chi connectivity index (χ0n) is 17.5. The molecule has 0 saturated carbocycles. The largest absolute Gasteiger partial charge is 0.353 e. The summed E-state index contributed by atoms with van der Waals surface area (Å²) in [5, 5.41) is 6.92. The van der Waals surface area contributed by atoms with Crippen LogP contribution in [-0.2, 0) is 4.79 Å². The monoisotopic (exact) mass is 379 g/mol. The first-order valence-electron chi connectivity index (χ1n) is 10.1. The number of piperidine rings is 1. The van der Waals surface area contributed by atoms with Crippen LogP contribution in [0.15, 0.2) is 54.6 Å². The van der Waals surface area contributed by atoms with Gasteiger partial charge >= 0.3 is 0 Å². The summed E-state index contributed by atoms with van der Waals surface area (Å²) in [5.41, 5.74) is 9.26. The van der Waals surface area contributed by atoms with Gasteiger partial charge in [-0.05, 0) is 57.2 Å². The van der Waals surface area contributed by atoms with Crippen molar-refractivity contribution < 1.29 is 4.79 Å². The molecule has 1 heterocycles. The summed E-state index contributed by atoms with van der Waals surface area (Å²) in [7, 11) is 0. The van der Waals surface area contributed by atoms with E-state index in [0.29, 0.717) is 6.54 Å². The maximum atomic E-state index is 13.0. The molecule has 4 nitrogen and oxygen atoms in total. The van der Waals surface area contributed by atoms with E-state index in [2.05, 4.69) is 62.6 Å². The van der Waals surface area contributed by atoms with Crippen LogP contribution in [0.2, 0.25) is 0 Å². The van der Waals surface area contributed by atoms with Crippen molar-refractivity contribution in [3.63, 3.8) is 0 Å². The van der Waals surface area contributed by atoms with Crippen molar-refractivity contribution >= 4 is 5.91 Å². The minimum atomic E-state index is -0.328. The standard InChI is InChI=1S/C24H33N3O/c1-23(2)14-20(15-24(3,4)27-23)26-22(28)21(16-25)19-12-10-18(11-13-19)17-8-6-5-7-9-17/h5-13,20-21,27H,14-16,25H2,1-4H3,(H,26,28)/t21-/m1/s1. The van der Waals surface area contributed by atoms with Gasteiger partial charge in [0.25, 0.3) is 0 Å². The maximum Gasteiger partial charge on any atom is 0.229 e. The Bertz CT molecular complexity index is 780. The Morgan fingerprint density at radius 2 is 1.54 bits per heavy atom. The van der Waals surface area contributed by atoms with Gasteiger partial charge in [0.2, 0.25) is 5.91 Å². The van der Waals surface area contributed by atoms with Gasteiger partial charge in [-0.15, -0.1) is 0 Å². The highest BCUT2D eigenvalue weighted by Gasteiger charge is 2.38. The predicted octanol–water partition coefficient (Wildman–Crippen LogP) is 3.82. The number of amides is 1. The van der Waals surface area contributed by atoms with Gasteiger partial charge in [-0.3, -0.25) is 4.79 Å². The number of hydrogen-bond donors (Lipinski definition) is 3. The number of nitrogens with one attached hydrogen (secondary N) is 2. The fourth-order valence-electron chi connectivity index (χ4n) is 4.66. The molecule has 28 heavy (non-hydrogen) atoms. The van der Waals surface area contributed by atoms with Crippen LogP contribution >= 0.6 is 0 Å². The van der Waals surface area contributed by atoms with Crippen LogP contribution in [0.25, 0.3) is 11.1 Å². The first-order valence-corrected chi connectivity index (χ1v) is 10.1. The van der Waals surface area contributed by atoms with E-state index in [9.17, 15) is 4.79 Å². The number of carbonyl (C=O) groups excluding carboxylic acids is 1. The fraction of sp³-hybridized carbons (Fsp3) is 0.458. The van der Waals surface area contributed by atoms with Gasteiger partial charge in [0.05, 0.1) is 5.92 Å². The molecular weight excluding hydrogens is 346 g/mol. The second-order valence-electron chi connectivity index (χ2n) is 9.28. The molecule has 2 aromatic carbocycles. The summed E-state index contributed by atoms with van der Waals surface area (Å²) in [4.78, 5) is 13.0. The van der Waals surface area contributed by atoms with E-state index < -0.39 is 0 Å². The fourth-order valence-corrected chi connectivity index (χ4v) is 4.66. The Morgan fingerprint density at radius 1 is 1.00 bits per heavy atom. The van der Waals surface area contributed by atoms with Gasteiger partial charge < -0.3 is 16.4 Å². The summed E-state index contributed by atoms with van der Waals surface area (Å²) in [6, 6.07) is 18.6. The lowest BCUT2D eigenvalue weighted by molar-refractivity contribution is -0.123. The normalized spacial score (nSPS) is 19.8. The van der Waals surface area contributed by atoms with Crippen LogP contribution in [0, 0.1) is 0 Å². The Morgan fingerprint density at radius 3 is 2.07 bits per heavy atom. The first-order chi connectivity index (χ1) is 13.2. The quantitative estimate of drug-likeness (QED) is 0.740. The first kappa shape index (κ1) is 20.6. The van der Waals surface area contributed by atoms with Crippen molar-refractivity contribution in [2.75, 3.05) is 6.54 Å². The molecule has 3 rings (SSSR count). The molecule has 1 atom stereocenters. The van der Waals surface area contributed by atoms with Crippen molar-refractivity contribution in [2.24, 2.45) is 5.73 Å². The highest BCUT2D eigenvalue weighted by atomic mass is 16.2. The van der Waals surface area contributed by atoms with Crippen molar-refractivity contribution in [2.45, 2.75) is 63.6 Å². The third-order valence-electron chi connectivity index (χ3n) is 5.51. The average molecular weight is 380 g/mol. The van der Waals surface area contributed by atoms with E-state index >= 15 is 0 Å². The number of hydrogen-bond acceptors (Lipinski definition) is 3. The van der Waals surface area contributed by atoms with Gasteiger partial charge in [-0.1, -0.05) is 54.6 Å². The van der Waals surface area contributed by atoms with Crippen molar-refractivity contribution in [3.05, 3.63) is 60.2 Å². The number of carbonyl (C=O) groups is 1. The van der Waals surface area contributed by atoms with E-state index in [1.165, 1.54) is 5.56 Å². The summed E-state index contributed by atoms with van der Waals surface area (Å²) < 4.78 is 0. The van der Waals surface area contributed by atoms with E-state index in [-0.39, 0.29) is 28.9 Å². The van der Waals surface area contributed by atoms with Crippen LogP contribution in [0.4, 0.5) is 0 Å². The average Bonchev–Trinajstić information content (AvgIpc) is 2.61. The lowest BCUT2D eigenvalue weighted by Crippen LogP contribution is -2.62. The molecule has 1 saturated heterocycles. The molecule has 4 N–H and O–H groups in total. The molecule has 1 fully saturated rings. The molecule has 2 aromatic rings. The highest BCUT2D eigenvalue weighted by Crippen LogP contribution is 2.29. The number of nitrogens with two attached hydrogens (primary N) is 1. The van der Waals surface area contributed by atoms with E-state index in [0.717, 1.165) is 24.0 Å². The highest BCUT2D eigenvalue weighted by molar-refractivity contribution is 5.84. The summed E-state index contributed by atoms with van der Waals surface area (Å²) in [6.45, 7) is 9.06. The predicted molar refractivity (Wildman–Crippen MR) is 116 cm³/mol. The number of rotatable bonds is 5. The molecule has 0 spiro atoms. The second-order valence-corrected chi connectivity index (χ2v) is 9.28. The van der Waals surface area contributed by atoms with Gasteiger partial charge in [-0.25, -0.2) is 0 Å². The van der Waals surface area contributed by atoms with Crippen LogP contribution in [0.3, 0.4) is 0 Å². The Hall–Kier alpha value is -2.17. The van der Waals surface area contributed by atoms with Crippen molar-refractivity contribution in [1.29, 1.82) is 0 Å². The lowest BCUT2D eigenvalue weighted by atomic mass is 9.79. The zero-order chi connectivity index (χ0) is 20.4. The molecular formula is C24H33N3O. The number of benzene rings is 2. The molecule has 150 valence electrons. The van der Waals surface area contributed by atoms with E-state index in [1.807, 2.05) is 30.3 Å². The molecule has 0 unspecified atom stereocenters. The van der Waals surface area contributed by atoms with Crippen molar-refractivity contribution in [3.8, 4) is 11.1 Å². The smallest absolute Gasteiger partial charge is 0.229 e. The second kappa shape index (κ2) is 8.06. The van der Waals surface area contributed by atoms with Crippen LogP contribution in [-0.4, -0.2) is 29.6 Å². The Balaban J connectivity index is 1.71. The van der Waals surface area contributed by atoms with Crippen LogP contribution in [0.1, 0.15) is 52.0 Å². The van der Waals surface area contributed by atoms with Gasteiger partial charge in [-0.2, -0.15) is 0 Å². The zero-order valence-corrected chi connectivity index (χ0v) is 17.5. The molecule has 1 aliphatic rings. The minimum absolute atomic E-state index is 0.00472.